The predicted molar refractivity (Wildman–Crippen MR) is 66.1 cm³/mol. The van der Waals surface area contributed by atoms with E-state index < -0.39 is 0 Å². The summed E-state index contributed by atoms with van der Waals surface area (Å²) in [7, 11) is 0. The molecule has 2 N–H and O–H groups in total. The number of anilines is 1. The van der Waals surface area contributed by atoms with Crippen LogP contribution in [0.4, 0.5) is 5.69 Å². The van der Waals surface area contributed by atoms with E-state index >= 15 is 0 Å². The maximum Gasteiger partial charge on any atom is 0.156 e. The molecule has 0 fully saturated rings. The monoisotopic (exact) mass is 209 g/mol. The summed E-state index contributed by atoms with van der Waals surface area (Å²) in [6.45, 7) is 0. The van der Waals surface area contributed by atoms with Crippen molar-refractivity contribution in [2.24, 2.45) is 0 Å². The second-order valence-corrected chi connectivity index (χ2v) is 3.77. The summed E-state index contributed by atoms with van der Waals surface area (Å²) >= 11 is 0. The van der Waals surface area contributed by atoms with Gasteiger partial charge in [-0.2, -0.15) is 0 Å². The minimum Gasteiger partial charge on any atom is -0.462 e. The number of hydrogen-bond donors (Lipinski definition) is 1. The van der Waals surface area contributed by atoms with Crippen LogP contribution in [-0.2, 0) is 0 Å². The zero-order chi connectivity index (χ0) is 11.0. The number of nitrogens with two attached hydrogens (primary N) is 1. The van der Waals surface area contributed by atoms with Crippen molar-refractivity contribution in [3.63, 3.8) is 0 Å². The zero-order valence-corrected chi connectivity index (χ0v) is 8.68. The van der Waals surface area contributed by atoms with Crippen LogP contribution in [0.15, 0.2) is 59.2 Å². The van der Waals surface area contributed by atoms with Gasteiger partial charge in [-0.15, -0.1) is 0 Å². The number of fused-ring (bicyclic) bond motifs is 1. The van der Waals surface area contributed by atoms with E-state index in [2.05, 4.69) is 18.2 Å². The van der Waals surface area contributed by atoms with E-state index in [0.717, 1.165) is 22.1 Å². The highest BCUT2D eigenvalue weighted by Gasteiger charge is 2.05. The van der Waals surface area contributed by atoms with E-state index in [4.69, 9.17) is 10.2 Å². The largest absolute Gasteiger partial charge is 0.462 e. The van der Waals surface area contributed by atoms with Gasteiger partial charge in [0.15, 0.2) is 5.58 Å². The molecule has 3 aromatic rings. The van der Waals surface area contributed by atoms with Gasteiger partial charge in [-0.3, -0.25) is 0 Å². The summed E-state index contributed by atoms with van der Waals surface area (Å²) in [5.74, 6) is 0. The van der Waals surface area contributed by atoms with Crippen LogP contribution in [-0.4, -0.2) is 0 Å². The molecular weight excluding hydrogens is 198 g/mol. The van der Waals surface area contributed by atoms with Gasteiger partial charge in [0.2, 0.25) is 0 Å². The van der Waals surface area contributed by atoms with E-state index in [9.17, 15) is 0 Å². The van der Waals surface area contributed by atoms with E-state index in [1.54, 1.807) is 6.26 Å². The van der Waals surface area contributed by atoms with Crippen molar-refractivity contribution < 1.29 is 4.42 Å². The topological polar surface area (TPSA) is 39.2 Å². The lowest BCUT2D eigenvalue weighted by atomic mass is 10.0. The van der Waals surface area contributed by atoms with Crippen molar-refractivity contribution in [2.75, 3.05) is 5.73 Å². The molecule has 16 heavy (non-hydrogen) atoms. The molecule has 2 heteroatoms. The van der Waals surface area contributed by atoms with E-state index in [1.807, 2.05) is 30.3 Å². The summed E-state index contributed by atoms with van der Waals surface area (Å²) in [6, 6.07) is 16.1. The molecule has 1 aromatic heterocycles. The van der Waals surface area contributed by atoms with Crippen LogP contribution < -0.4 is 5.73 Å². The third-order valence-electron chi connectivity index (χ3n) is 2.69. The van der Waals surface area contributed by atoms with E-state index in [0.29, 0.717) is 5.69 Å². The van der Waals surface area contributed by atoms with Crippen LogP contribution in [0.1, 0.15) is 0 Å². The van der Waals surface area contributed by atoms with Crippen LogP contribution in [0.2, 0.25) is 0 Å². The first kappa shape index (κ1) is 9.04. The molecule has 0 saturated heterocycles. The van der Waals surface area contributed by atoms with Crippen LogP contribution in [0, 0.1) is 0 Å². The van der Waals surface area contributed by atoms with Crippen molar-refractivity contribution >= 4 is 16.7 Å². The Bertz CT molecular complexity index is 626. The molecular formula is C14H11NO. The lowest BCUT2D eigenvalue weighted by Crippen LogP contribution is -1.86. The molecule has 3 rings (SSSR count). The molecule has 0 saturated carbocycles. The maximum absolute atomic E-state index is 5.95. The Labute approximate surface area is 93.3 Å². The minimum absolute atomic E-state index is 0.682. The molecule has 0 unspecified atom stereocenters. The Morgan fingerprint density at radius 2 is 1.69 bits per heavy atom. The van der Waals surface area contributed by atoms with Crippen LogP contribution in [0.3, 0.4) is 0 Å². The van der Waals surface area contributed by atoms with Crippen LogP contribution >= 0.6 is 0 Å². The fourth-order valence-corrected chi connectivity index (χ4v) is 1.91. The van der Waals surface area contributed by atoms with Crippen molar-refractivity contribution in [3.8, 4) is 11.1 Å². The van der Waals surface area contributed by atoms with Crippen molar-refractivity contribution in [1.29, 1.82) is 0 Å². The third-order valence-corrected chi connectivity index (χ3v) is 2.69. The molecule has 1 heterocycles. The molecule has 0 aliphatic heterocycles. The SMILES string of the molecule is Nc1cc(-c2ccccc2)cc2ccoc12. The van der Waals surface area contributed by atoms with Gasteiger partial charge in [0.25, 0.3) is 0 Å². The van der Waals surface area contributed by atoms with Crippen LogP contribution in [0.25, 0.3) is 22.1 Å². The van der Waals surface area contributed by atoms with Crippen molar-refractivity contribution in [2.45, 2.75) is 0 Å². The molecule has 0 amide bonds. The second-order valence-electron chi connectivity index (χ2n) is 3.77. The average Bonchev–Trinajstić information content (AvgIpc) is 2.79. The second kappa shape index (κ2) is 3.42. The first-order chi connectivity index (χ1) is 7.84. The fraction of sp³-hybridized carbons (Fsp3) is 0. The van der Waals surface area contributed by atoms with Gasteiger partial charge in [-0.1, -0.05) is 30.3 Å². The van der Waals surface area contributed by atoms with Gasteiger partial charge in [0, 0.05) is 5.39 Å². The van der Waals surface area contributed by atoms with Crippen LogP contribution in [0.5, 0.6) is 0 Å². The quantitative estimate of drug-likeness (QED) is 0.621. The third kappa shape index (κ3) is 1.36. The van der Waals surface area contributed by atoms with Crippen molar-refractivity contribution in [1.82, 2.24) is 0 Å². The summed E-state index contributed by atoms with van der Waals surface area (Å²) in [4.78, 5) is 0. The molecule has 0 bridgehead atoms. The van der Waals surface area contributed by atoms with Gasteiger partial charge < -0.3 is 10.2 Å². The highest BCUT2D eigenvalue weighted by Crippen LogP contribution is 2.29. The summed E-state index contributed by atoms with van der Waals surface area (Å²) < 4.78 is 5.31. The molecule has 0 radical (unpaired) electrons. The zero-order valence-electron chi connectivity index (χ0n) is 8.68. The maximum atomic E-state index is 5.95. The molecule has 0 atom stereocenters. The summed E-state index contributed by atoms with van der Waals surface area (Å²) in [5.41, 5.74) is 9.67. The van der Waals surface area contributed by atoms with Gasteiger partial charge in [-0.05, 0) is 29.3 Å². The van der Waals surface area contributed by atoms with Gasteiger partial charge in [-0.25, -0.2) is 0 Å². The lowest BCUT2D eigenvalue weighted by Gasteiger charge is -2.03. The Hall–Kier alpha value is -2.22. The first-order valence-electron chi connectivity index (χ1n) is 5.17. The van der Waals surface area contributed by atoms with Gasteiger partial charge in [0.05, 0.1) is 12.0 Å². The molecule has 78 valence electrons. The lowest BCUT2D eigenvalue weighted by molar-refractivity contribution is 0.617. The Morgan fingerprint density at radius 3 is 2.50 bits per heavy atom. The molecule has 2 aromatic carbocycles. The Balaban J connectivity index is 2.25. The number of furan rings is 1. The Morgan fingerprint density at radius 1 is 0.875 bits per heavy atom. The molecule has 0 aliphatic rings. The number of nitrogen functional groups attached to an aromatic ring is 1. The summed E-state index contributed by atoms with van der Waals surface area (Å²) in [5, 5.41) is 1.04. The highest BCUT2D eigenvalue weighted by molar-refractivity contribution is 5.92. The normalized spacial score (nSPS) is 10.8. The highest BCUT2D eigenvalue weighted by atomic mass is 16.3. The molecule has 0 aliphatic carbocycles. The first-order valence-corrected chi connectivity index (χ1v) is 5.17. The fourth-order valence-electron chi connectivity index (χ4n) is 1.91. The van der Waals surface area contributed by atoms with Gasteiger partial charge in [0.1, 0.15) is 0 Å². The van der Waals surface area contributed by atoms with E-state index in [-0.39, 0.29) is 0 Å². The Kier molecular flexibility index (Phi) is 1.93. The molecule has 0 spiro atoms. The van der Waals surface area contributed by atoms with E-state index in [1.165, 1.54) is 0 Å². The minimum atomic E-state index is 0.682. The number of benzene rings is 2. The predicted octanol–water partition coefficient (Wildman–Crippen LogP) is 3.68. The number of rotatable bonds is 1. The average molecular weight is 209 g/mol. The van der Waals surface area contributed by atoms with Gasteiger partial charge >= 0.3 is 0 Å². The van der Waals surface area contributed by atoms with Crippen molar-refractivity contribution in [3.05, 3.63) is 54.8 Å². The number of hydrogen-bond acceptors (Lipinski definition) is 2. The smallest absolute Gasteiger partial charge is 0.156 e. The summed E-state index contributed by atoms with van der Waals surface area (Å²) in [6.07, 6.45) is 1.66. The standard InChI is InChI=1S/C14H11NO/c15-13-9-12(10-4-2-1-3-5-10)8-11-6-7-16-14(11)13/h1-9H,15H2. The molecule has 2 nitrogen and oxygen atoms in total.